The Morgan fingerprint density at radius 3 is 1.74 bits per heavy atom. The average molecular weight is 375 g/mol. The molecule has 0 atom stereocenters. The highest BCUT2D eigenvalue weighted by atomic mass is 19.2. The van der Waals surface area contributed by atoms with Crippen LogP contribution in [0.2, 0.25) is 0 Å². The molecule has 0 spiro atoms. The quantitative estimate of drug-likeness (QED) is 0.310. The number of carbonyl (C=O) groups is 2. The zero-order valence-corrected chi connectivity index (χ0v) is 14.8. The summed E-state index contributed by atoms with van der Waals surface area (Å²) in [6, 6.07) is 1.89. The van der Waals surface area contributed by atoms with Crippen LogP contribution < -0.4 is 5.46 Å². The smallest absolute Gasteiger partial charge is 0.227 e. The monoisotopic (exact) mass is 375 g/mol. The maximum absolute atomic E-state index is 12.4. The van der Waals surface area contributed by atoms with Gasteiger partial charge in [-0.05, 0) is 12.1 Å². The number of rotatable bonds is 3. The lowest BCUT2D eigenvalue weighted by Crippen LogP contribution is -2.29. The van der Waals surface area contributed by atoms with E-state index >= 15 is 0 Å². The minimum absolute atomic E-state index is 0.00546. The van der Waals surface area contributed by atoms with E-state index in [-0.39, 0.29) is 11.6 Å². The van der Waals surface area contributed by atoms with Gasteiger partial charge in [0.15, 0.2) is 17.5 Å². The molecule has 1 aromatic rings. The minimum Gasteiger partial charge on any atom is -0.365 e. The maximum Gasteiger partial charge on any atom is 0.227 e. The first-order valence-electron chi connectivity index (χ1n) is 8.78. The van der Waals surface area contributed by atoms with Crippen LogP contribution in [0.5, 0.6) is 0 Å². The number of carbonyl (C=O) groups excluding carboxylic acids is 2. The largest absolute Gasteiger partial charge is 0.365 e. The SMILES string of the molecule is Bc1cc(F)c(F)c(F)c1.O=C1C=C(N2CC2)C(=O)C(N2CC2)=C1N1CC1. The molecule has 5 rings (SSSR count). The van der Waals surface area contributed by atoms with E-state index in [4.69, 9.17) is 0 Å². The Labute approximate surface area is 155 Å². The van der Waals surface area contributed by atoms with Crippen molar-refractivity contribution in [3.05, 3.63) is 52.8 Å². The molecule has 1 aromatic carbocycles. The molecule has 4 aliphatic rings. The molecule has 5 nitrogen and oxygen atoms in total. The van der Waals surface area contributed by atoms with Gasteiger partial charge in [-0.3, -0.25) is 9.59 Å². The van der Waals surface area contributed by atoms with Crippen molar-refractivity contribution in [2.45, 2.75) is 0 Å². The van der Waals surface area contributed by atoms with Crippen LogP contribution >= 0.6 is 0 Å². The topological polar surface area (TPSA) is 43.2 Å². The molecule has 3 saturated heterocycles. The van der Waals surface area contributed by atoms with Gasteiger partial charge in [-0.2, -0.15) is 0 Å². The van der Waals surface area contributed by atoms with E-state index < -0.39 is 17.5 Å². The Kier molecular flexibility index (Phi) is 4.24. The van der Waals surface area contributed by atoms with Crippen molar-refractivity contribution in [1.82, 2.24) is 14.7 Å². The van der Waals surface area contributed by atoms with E-state index in [1.54, 1.807) is 0 Å². The lowest BCUT2D eigenvalue weighted by molar-refractivity contribution is -0.117. The Morgan fingerprint density at radius 2 is 1.26 bits per heavy atom. The Balaban J connectivity index is 0.000000155. The molecule has 0 bridgehead atoms. The second-order valence-corrected chi connectivity index (χ2v) is 6.92. The first-order valence-corrected chi connectivity index (χ1v) is 8.78. The van der Waals surface area contributed by atoms with Gasteiger partial charge in [-0.1, -0.05) is 5.46 Å². The van der Waals surface area contributed by atoms with Gasteiger partial charge in [-0.25, -0.2) is 13.2 Å². The summed E-state index contributed by atoms with van der Waals surface area (Å²) in [5, 5.41) is 0. The van der Waals surface area contributed by atoms with Crippen LogP contribution in [0.15, 0.2) is 35.3 Å². The fourth-order valence-electron chi connectivity index (χ4n) is 2.96. The highest BCUT2D eigenvalue weighted by molar-refractivity contribution is 6.32. The van der Waals surface area contributed by atoms with Gasteiger partial charge in [0.05, 0.1) is 5.70 Å². The number of hydrogen-bond acceptors (Lipinski definition) is 5. The second-order valence-electron chi connectivity index (χ2n) is 6.92. The van der Waals surface area contributed by atoms with Crippen molar-refractivity contribution < 1.29 is 22.8 Å². The summed E-state index contributed by atoms with van der Waals surface area (Å²) in [7, 11) is 1.49. The van der Waals surface area contributed by atoms with E-state index in [1.165, 1.54) is 13.9 Å². The molecular weight excluding hydrogens is 358 g/mol. The third-order valence-electron chi connectivity index (χ3n) is 4.62. The molecule has 1 aliphatic carbocycles. The third kappa shape index (κ3) is 3.58. The summed E-state index contributed by atoms with van der Waals surface area (Å²) in [5.74, 6) is -3.65. The zero-order valence-electron chi connectivity index (χ0n) is 14.8. The second kappa shape index (κ2) is 6.47. The van der Waals surface area contributed by atoms with Crippen LogP contribution in [-0.4, -0.2) is 73.4 Å². The lowest BCUT2D eigenvalue weighted by Gasteiger charge is -2.21. The third-order valence-corrected chi connectivity index (χ3v) is 4.62. The molecule has 0 N–H and O–H groups in total. The molecule has 9 heteroatoms. The Morgan fingerprint density at radius 1 is 0.778 bits per heavy atom. The summed E-state index contributed by atoms with van der Waals surface area (Å²) < 4.78 is 36.6. The first-order chi connectivity index (χ1) is 12.9. The molecule has 0 unspecified atom stereocenters. The number of nitrogens with zero attached hydrogens (tertiary/aromatic N) is 3. The van der Waals surface area contributed by atoms with Gasteiger partial charge in [0, 0.05) is 45.3 Å². The maximum atomic E-state index is 12.4. The van der Waals surface area contributed by atoms with Crippen molar-refractivity contribution in [2.24, 2.45) is 0 Å². The molecule has 0 amide bonds. The van der Waals surface area contributed by atoms with E-state index in [0.717, 1.165) is 51.4 Å². The first kappa shape index (κ1) is 17.7. The fraction of sp³-hybridized carbons (Fsp3) is 0.333. The Bertz CT molecular complexity index is 880. The summed E-state index contributed by atoms with van der Waals surface area (Å²) in [4.78, 5) is 30.5. The lowest BCUT2D eigenvalue weighted by atomic mass is 9.96. The van der Waals surface area contributed by atoms with Gasteiger partial charge < -0.3 is 14.7 Å². The number of ketones is 2. The molecule has 3 fully saturated rings. The standard InChI is InChI=1S/C12H13N3O2.C6H4BF3/c16-9-7-8(13-1-2-13)12(17)11(15-5-6-15)10(9)14-3-4-14;7-3-1-4(8)6(10)5(9)2-3/h7H,1-6H2;1-2H,7H2. The van der Waals surface area contributed by atoms with Crippen molar-refractivity contribution in [1.29, 1.82) is 0 Å². The van der Waals surface area contributed by atoms with Crippen LogP contribution in [0.25, 0.3) is 0 Å². The molecule has 0 saturated carbocycles. The summed E-state index contributed by atoms with van der Waals surface area (Å²) in [5.41, 5.74) is 2.26. The van der Waals surface area contributed by atoms with Crippen molar-refractivity contribution in [2.75, 3.05) is 39.3 Å². The number of hydrogen-bond donors (Lipinski definition) is 0. The normalized spacial score (nSPS) is 20.4. The molecule has 3 aliphatic heterocycles. The van der Waals surface area contributed by atoms with Gasteiger partial charge in [0.2, 0.25) is 11.6 Å². The number of benzene rings is 1. The van der Waals surface area contributed by atoms with Gasteiger partial charge in [0.25, 0.3) is 0 Å². The van der Waals surface area contributed by atoms with E-state index in [1.807, 2.05) is 14.7 Å². The van der Waals surface area contributed by atoms with Crippen LogP contribution in [-0.2, 0) is 9.59 Å². The van der Waals surface area contributed by atoms with E-state index in [9.17, 15) is 22.8 Å². The zero-order chi connectivity index (χ0) is 19.3. The van der Waals surface area contributed by atoms with E-state index in [0.29, 0.717) is 22.6 Å². The number of halogens is 3. The minimum atomic E-state index is -1.41. The van der Waals surface area contributed by atoms with Crippen LogP contribution in [0.1, 0.15) is 0 Å². The summed E-state index contributed by atoms with van der Waals surface area (Å²) >= 11 is 0. The molecule has 0 radical (unpaired) electrons. The highest BCUT2D eigenvalue weighted by Gasteiger charge is 2.43. The van der Waals surface area contributed by atoms with Gasteiger partial charge in [-0.15, -0.1) is 0 Å². The molecule has 140 valence electrons. The van der Waals surface area contributed by atoms with Crippen LogP contribution in [0, 0.1) is 17.5 Å². The molecular formula is C18H17BF3N3O2. The number of Topliss-reactive ketones (excluding diaryl/α,β-unsaturated/α-hetero) is 1. The van der Waals surface area contributed by atoms with Gasteiger partial charge in [0.1, 0.15) is 19.2 Å². The van der Waals surface area contributed by atoms with Crippen LogP contribution in [0.4, 0.5) is 13.2 Å². The average Bonchev–Trinajstić information content (AvgIpc) is 3.48. The Hall–Kier alpha value is -2.71. The molecule has 3 heterocycles. The molecule has 0 aromatic heterocycles. The predicted molar refractivity (Wildman–Crippen MR) is 94.3 cm³/mol. The fourth-order valence-corrected chi connectivity index (χ4v) is 2.96. The van der Waals surface area contributed by atoms with E-state index in [2.05, 4.69) is 0 Å². The van der Waals surface area contributed by atoms with Crippen molar-refractivity contribution in [3.8, 4) is 0 Å². The van der Waals surface area contributed by atoms with Gasteiger partial charge >= 0.3 is 0 Å². The number of allylic oxidation sites excluding steroid dienone is 1. The predicted octanol–water partition coefficient (Wildman–Crippen LogP) is -0.457. The molecule has 27 heavy (non-hydrogen) atoms. The summed E-state index contributed by atoms with van der Waals surface area (Å²) in [6.45, 7) is 5.41. The highest BCUT2D eigenvalue weighted by Crippen LogP contribution is 2.33. The van der Waals surface area contributed by atoms with Crippen molar-refractivity contribution >= 4 is 24.9 Å². The summed E-state index contributed by atoms with van der Waals surface area (Å²) in [6.07, 6.45) is 1.52. The van der Waals surface area contributed by atoms with Crippen LogP contribution in [0.3, 0.4) is 0 Å². The van der Waals surface area contributed by atoms with Crippen molar-refractivity contribution in [3.63, 3.8) is 0 Å².